The van der Waals surface area contributed by atoms with Crippen LogP contribution in [0.4, 0.5) is 13.2 Å². The van der Waals surface area contributed by atoms with Gasteiger partial charge in [-0.25, -0.2) is 0 Å². The Bertz CT molecular complexity index is 760. The van der Waals surface area contributed by atoms with Crippen LogP contribution in [0.15, 0.2) is 48.5 Å². The van der Waals surface area contributed by atoms with Crippen LogP contribution in [0.1, 0.15) is 40.2 Å². The molecule has 0 aromatic heterocycles. The molecule has 1 aliphatic rings. The normalized spacial score (nSPS) is 20.3. The Morgan fingerprint density at radius 1 is 1.04 bits per heavy atom. The average Bonchev–Trinajstić information content (AvgIpc) is 2.52. The Morgan fingerprint density at radius 3 is 2.33 bits per heavy atom. The standard InChI is InChI=1S/C18H15ClF3NO/c19-15-8-4-2-5-11(15)12-9-10-16(12)23-17(24)13-6-1-3-7-14(13)18(20,21)22/h1-8,12,16H,9-10H2,(H,23,24)/t12-,16+/m0/s1. The van der Waals surface area contributed by atoms with Crippen molar-refractivity contribution in [2.24, 2.45) is 0 Å². The Kier molecular flexibility index (Phi) is 4.54. The van der Waals surface area contributed by atoms with E-state index in [1.807, 2.05) is 18.2 Å². The van der Waals surface area contributed by atoms with E-state index in [4.69, 9.17) is 11.6 Å². The van der Waals surface area contributed by atoms with E-state index in [1.165, 1.54) is 18.2 Å². The predicted molar refractivity (Wildman–Crippen MR) is 86.1 cm³/mol. The summed E-state index contributed by atoms with van der Waals surface area (Å²) in [6.45, 7) is 0. The molecular formula is C18H15ClF3NO. The van der Waals surface area contributed by atoms with Crippen LogP contribution in [0.3, 0.4) is 0 Å². The number of hydrogen-bond acceptors (Lipinski definition) is 1. The maximum Gasteiger partial charge on any atom is 0.417 e. The van der Waals surface area contributed by atoms with E-state index >= 15 is 0 Å². The summed E-state index contributed by atoms with van der Waals surface area (Å²) in [6, 6.07) is 11.9. The molecular weight excluding hydrogens is 339 g/mol. The van der Waals surface area contributed by atoms with Crippen LogP contribution >= 0.6 is 11.6 Å². The van der Waals surface area contributed by atoms with Crippen molar-refractivity contribution in [3.63, 3.8) is 0 Å². The van der Waals surface area contributed by atoms with Crippen molar-refractivity contribution in [1.82, 2.24) is 5.32 Å². The average molecular weight is 354 g/mol. The summed E-state index contributed by atoms with van der Waals surface area (Å²) < 4.78 is 39.1. The van der Waals surface area contributed by atoms with Crippen LogP contribution < -0.4 is 5.32 Å². The summed E-state index contributed by atoms with van der Waals surface area (Å²) >= 11 is 6.17. The highest BCUT2D eigenvalue weighted by Crippen LogP contribution is 2.40. The molecule has 1 amide bonds. The van der Waals surface area contributed by atoms with Gasteiger partial charge in [0.05, 0.1) is 11.1 Å². The van der Waals surface area contributed by atoms with Gasteiger partial charge in [0, 0.05) is 17.0 Å². The van der Waals surface area contributed by atoms with Crippen molar-refractivity contribution in [3.05, 3.63) is 70.2 Å². The van der Waals surface area contributed by atoms with E-state index in [-0.39, 0.29) is 17.5 Å². The van der Waals surface area contributed by atoms with Gasteiger partial charge in [0.1, 0.15) is 0 Å². The van der Waals surface area contributed by atoms with E-state index in [0.29, 0.717) is 5.02 Å². The van der Waals surface area contributed by atoms with Crippen LogP contribution in [-0.2, 0) is 6.18 Å². The zero-order chi connectivity index (χ0) is 17.3. The van der Waals surface area contributed by atoms with Gasteiger partial charge < -0.3 is 5.32 Å². The molecule has 0 spiro atoms. The highest BCUT2D eigenvalue weighted by molar-refractivity contribution is 6.31. The highest BCUT2D eigenvalue weighted by atomic mass is 35.5. The van der Waals surface area contributed by atoms with Crippen molar-refractivity contribution in [2.45, 2.75) is 31.0 Å². The fraction of sp³-hybridized carbons (Fsp3) is 0.278. The van der Waals surface area contributed by atoms with Gasteiger partial charge >= 0.3 is 6.18 Å². The molecule has 2 aromatic carbocycles. The molecule has 1 fully saturated rings. The number of hydrogen-bond donors (Lipinski definition) is 1. The molecule has 2 nitrogen and oxygen atoms in total. The summed E-state index contributed by atoms with van der Waals surface area (Å²) in [7, 11) is 0. The second-order valence-corrected chi connectivity index (χ2v) is 6.24. The van der Waals surface area contributed by atoms with Crippen LogP contribution in [0, 0.1) is 0 Å². The third kappa shape index (κ3) is 3.26. The Hall–Kier alpha value is -2.01. The molecule has 6 heteroatoms. The lowest BCUT2D eigenvalue weighted by Crippen LogP contribution is -2.45. The molecule has 1 aliphatic carbocycles. The SMILES string of the molecule is O=C(N[C@@H]1CC[C@H]1c1ccccc1Cl)c1ccccc1C(F)(F)F. The summed E-state index contributed by atoms with van der Waals surface area (Å²) in [4.78, 5) is 12.3. The fourth-order valence-electron chi connectivity index (χ4n) is 3.00. The van der Waals surface area contributed by atoms with Gasteiger partial charge in [0.2, 0.25) is 0 Å². The summed E-state index contributed by atoms with van der Waals surface area (Å²) in [5, 5.41) is 3.33. The molecule has 2 aromatic rings. The Labute approximate surface area is 142 Å². The van der Waals surface area contributed by atoms with E-state index in [9.17, 15) is 18.0 Å². The first-order chi connectivity index (χ1) is 11.4. The van der Waals surface area contributed by atoms with Crippen molar-refractivity contribution >= 4 is 17.5 Å². The van der Waals surface area contributed by atoms with E-state index in [2.05, 4.69) is 5.32 Å². The largest absolute Gasteiger partial charge is 0.417 e. The number of carbonyl (C=O) groups is 1. The van der Waals surface area contributed by atoms with E-state index < -0.39 is 17.6 Å². The minimum absolute atomic E-state index is 0.0284. The summed E-state index contributed by atoms with van der Waals surface area (Å²) in [5.41, 5.74) is -0.356. The maximum atomic E-state index is 13.0. The maximum absolute atomic E-state index is 13.0. The van der Waals surface area contributed by atoms with Crippen LogP contribution in [0.5, 0.6) is 0 Å². The third-order valence-electron chi connectivity index (χ3n) is 4.37. The molecule has 1 saturated carbocycles. The van der Waals surface area contributed by atoms with E-state index in [1.54, 1.807) is 6.07 Å². The van der Waals surface area contributed by atoms with Crippen LogP contribution in [0.25, 0.3) is 0 Å². The lowest BCUT2D eigenvalue weighted by Gasteiger charge is -2.38. The molecule has 0 radical (unpaired) electrons. The molecule has 2 atom stereocenters. The number of amides is 1. The Morgan fingerprint density at radius 2 is 1.71 bits per heavy atom. The number of carbonyl (C=O) groups excluding carboxylic acids is 1. The first kappa shape index (κ1) is 16.8. The monoisotopic (exact) mass is 353 g/mol. The van der Waals surface area contributed by atoms with Crippen molar-refractivity contribution in [1.29, 1.82) is 0 Å². The van der Waals surface area contributed by atoms with E-state index in [0.717, 1.165) is 24.5 Å². The molecule has 0 saturated heterocycles. The molecule has 126 valence electrons. The molecule has 1 N–H and O–H groups in total. The Balaban J connectivity index is 1.78. The summed E-state index contributed by atoms with van der Waals surface area (Å²) in [6.07, 6.45) is -3.00. The summed E-state index contributed by atoms with van der Waals surface area (Å²) in [5.74, 6) is -0.676. The second kappa shape index (κ2) is 6.48. The molecule has 24 heavy (non-hydrogen) atoms. The van der Waals surface area contributed by atoms with Crippen molar-refractivity contribution in [2.75, 3.05) is 0 Å². The van der Waals surface area contributed by atoms with Gasteiger partial charge in [-0.15, -0.1) is 0 Å². The zero-order valence-corrected chi connectivity index (χ0v) is 13.4. The van der Waals surface area contributed by atoms with Gasteiger partial charge in [-0.1, -0.05) is 41.9 Å². The smallest absolute Gasteiger partial charge is 0.349 e. The fourth-order valence-corrected chi connectivity index (χ4v) is 3.27. The molecule has 0 unspecified atom stereocenters. The van der Waals surface area contributed by atoms with Gasteiger partial charge in [-0.05, 0) is 36.6 Å². The zero-order valence-electron chi connectivity index (χ0n) is 12.6. The number of nitrogens with one attached hydrogen (secondary N) is 1. The number of benzene rings is 2. The second-order valence-electron chi connectivity index (χ2n) is 5.83. The molecule has 0 bridgehead atoms. The third-order valence-corrected chi connectivity index (χ3v) is 4.72. The molecule has 0 heterocycles. The number of alkyl halides is 3. The van der Waals surface area contributed by atoms with Crippen molar-refractivity contribution < 1.29 is 18.0 Å². The topological polar surface area (TPSA) is 29.1 Å². The quantitative estimate of drug-likeness (QED) is 0.823. The van der Waals surface area contributed by atoms with Gasteiger partial charge in [0.15, 0.2) is 0 Å². The minimum Gasteiger partial charge on any atom is -0.349 e. The van der Waals surface area contributed by atoms with Gasteiger partial charge in [-0.2, -0.15) is 13.2 Å². The molecule has 3 rings (SSSR count). The lowest BCUT2D eigenvalue weighted by atomic mass is 9.75. The van der Waals surface area contributed by atoms with Crippen LogP contribution in [0.2, 0.25) is 5.02 Å². The molecule has 0 aliphatic heterocycles. The van der Waals surface area contributed by atoms with Gasteiger partial charge in [-0.3, -0.25) is 4.79 Å². The predicted octanol–water partition coefficient (Wildman–Crippen LogP) is 5.03. The van der Waals surface area contributed by atoms with Crippen molar-refractivity contribution in [3.8, 4) is 0 Å². The first-order valence-corrected chi connectivity index (χ1v) is 7.97. The first-order valence-electron chi connectivity index (χ1n) is 7.59. The number of halogens is 4. The van der Waals surface area contributed by atoms with Gasteiger partial charge in [0.25, 0.3) is 5.91 Å². The lowest BCUT2D eigenvalue weighted by molar-refractivity contribution is -0.137. The highest BCUT2D eigenvalue weighted by Gasteiger charge is 2.38. The minimum atomic E-state index is -4.56. The van der Waals surface area contributed by atoms with Crippen LogP contribution in [-0.4, -0.2) is 11.9 Å². The number of rotatable bonds is 3.